The summed E-state index contributed by atoms with van der Waals surface area (Å²) in [7, 11) is 0. The molecule has 1 fully saturated rings. The molecule has 1 saturated carbocycles. The van der Waals surface area contributed by atoms with Gasteiger partial charge in [-0.3, -0.25) is 4.79 Å². The van der Waals surface area contributed by atoms with Crippen molar-refractivity contribution in [3.05, 3.63) is 0 Å². The van der Waals surface area contributed by atoms with Crippen LogP contribution in [0.5, 0.6) is 0 Å². The molecule has 0 aromatic carbocycles. The van der Waals surface area contributed by atoms with Crippen molar-refractivity contribution in [1.29, 1.82) is 0 Å². The van der Waals surface area contributed by atoms with Crippen LogP contribution in [0.4, 0.5) is 0 Å². The van der Waals surface area contributed by atoms with Crippen LogP contribution in [0.15, 0.2) is 0 Å². The second-order valence-corrected chi connectivity index (χ2v) is 5.08. The zero-order chi connectivity index (χ0) is 12.7. The third-order valence-electron chi connectivity index (χ3n) is 4.02. The fourth-order valence-electron chi connectivity index (χ4n) is 2.77. The Morgan fingerprint density at radius 3 is 2.53 bits per heavy atom. The van der Waals surface area contributed by atoms with Crippen LogP contribution in [0.25, 0.3) is 0 Å². The average molecular weight is 240 g/mol. The Bertz CT molecular complexity index is 226. The van der Waals surface area contributed by atoms with Gasteiger partial charge >= 0.3 is 0 Å². The van der Waals surface area contributed by atoms with Crippen molar-refractivity contribution in [2.75, 3.05) is 19.6 Å². The van der Waals surface area contributed by atoms with Crippen LogP contribution in [-0.4, -0.2) is 36.5 Å². The summed E-state index contributed by atoms with van der Waals surface area (Å²) in [5, 5.41) is 3.44. The molecular formula is C14H28N2O. The van der Waals surface area contributed by atoms with Gasteiger partial charge in [-0.25, -0.2) is 0 Å². The Balaban J connectivity index is 2.27. The smallest absolute Gasteiger partial charge is 0.236 e. The molecule has 0 aromatic heterocycles. The summed E-state index contributed by atoms with van der Waals surface area (Å²) in [6, 6.07) is 0.563. The van der Waals surface area contributed by atoms with Gasteiger partial charge in [0.05, 0.1) is 6.54 Å². The first-order valence-corrected chi connectivity index (χ1v) is 7.22. The molecule has 3 heteroatoms. The molecule has 0 spiro atoms. The van der Waals surface area contributed by atoms with Crippen molar-refractivity contribution in [3.63, 3.8) is 0 Å². The van der Waals surface area contributed by atoms with Crippen molar-refractivity contribution in [3.8, 4) is 0 Å². The van der Waals surface area contributed by atoms with Gasteiger partial charge in [-0.15, -0.1) is 0 Å². The third kappa shape index (κ3) is 4.66. The molecule has 17 heavy (non-hydrogen) atoms. The van der Waals surface area contributed by atoms with Gasteiger partial charge in [0, 0.05) is 19.1 Å². The maximum Gasteiger partial charge on any atom is 0.236 e. The van der Waals surface area contributed by atoms with Gasteiger partial charge in [-0.1, -0.05) is 26.2 Å². The van der Waals surface area contributed by atoms with E-state index in [1.807, 2.05) is 18.7 Å². The Morgan fingerprint density at radius 2 is 1.94 bits per heavy atom. The minimum atomic E-state index is 0.244. The highest BCUT2D eigenvalue weighted by Crippen LogP contribution is 2.26. The number of amides is 1. The lowest BCUT2D eigenvalue weighted by Gasteiger charge is -2.29. The maximum absolute atomic E-state index is 11.9. The summed E-state index contributed by atoms with van der Waals surface area (Å²) in [6.07, 6.45) is 6.46. The number of nitrogens with one attached hydrogen (secondary N) is 1. The number of hydrogen-bond donors (Lipinski definition) is 1. The molecule has 0 radical (unpaired) electrons. The lowest BCUT2D eigenvalue weighted by atomic mass is 9.84. The number of likely N-dealkylation sites (N-methyl/N-ethyl adjacent to an activating group) is 1. The maximum atomic E-state index is 11.9. The molecule has 1 amide bonds. The fraction of sp³-hybridized carbons (Fsp3) is 0.929. The van der Waals surface area contributed by atoms with E-state index in [-0.39, 0.29) is 5.91 Å². The van der Waals surface area contributed by atoms with Crippen LogP contribution >= 0.6 is 0 Å². The second-order valence-electron chi connectivity index (χ2n) is 5.08. The van der Waals surface area contributed by atoms with Crippen LogP contribution < -0.4 is 5.32 Å². The first-order chi connectivity index (χ1) is 8.21. The van der Waals surface area contributed by atoms with Crippen molar-refractivity contribution < 1.29 is 4.79 Å². The van der Waals surface area contributed by atoms with Crippen LogP contribution in [0.3, 0.4) is 0 Å². The van der Waals surface area contributed by atoms with Gasteiger partial charge in [-0.05, 0) is 32.6 Å². The summed E-state index contributed by atoms with van der Waals surface area (Å²) in [4.78, 5) is 13.8. The van der Waals surface area contributed by atoms with Gasteiger partial charge in [0.2, 0.25) is 5.91 Å². The Morgan fingerprint density at radius 1 is 1.24 bits per heavy atom. The van der Waals surface area contributed by atoms with E-state index in [0.29, 0.717) is 12.6 Å². The van der Waals surface area contributed by atoms with Crippen LogP contribution in [-0.2, 0) is 4.79 Å². The van der Waals surface area contributed by atoms with Crippen molar-refractivity contribution in [2.24, 2.45) is 5.92 Å². The summed E-state index contributed by atoms with van der Waals surface area (Å²) >= 11 is 0. The zero-order valence-corrected chi connectivity index (χ0v) is 11.7. The first kappa shape index (κ1) is 14.5. The van der Waals surface area contributed by atoms with Crippen LogP contribution in [0.2, 0.25) is 0 Å². The van der Waals surface area contributed by atoms with E-state index >= 15 is 0 Å². The molecule has 0 saturated heterocycles. The summed E-state index contributed by atoms with van der Waals surface area (Å²) in [5.41, 5.74) is 0. The van der Waals surface area contributed by atoms with Crippen molar-refractivity contribution in [1.82, 2.24) is 10.2 Å². The normalized spacial score (nSPS) is 24.6. The summed E-state index contributed by atoms with van der Waals surface area (Å²) in [6.45, 7) is 8.50. The van der Waals surface area contributed by atoms with E-state index in [9.17, 15) is 4.79 Å². The number of rotatable bonds is 6. The Kier molecular flexibility index (Phi) is 6.56. The molecule has 2 atom stereocenters. The molecule has 1 rings (SSSR count). The first-order valence-electron chi connectivity index (χ1n) is 7.22. The van der Waals surface area contributed by atoms with E-state index in [2.05, 4.69) is 12.2 Å². The highest BCUT2D eigenvalue weighted by molar-refractivity contribution is 5.78. The van der Waals surface area contributed by atoms with E-state index in [1.165, 1.54) is 32.1 Å². The van der Waals surface area contributed by atoms with Gasteiger partial charge in [-0.2, -0.15) is 0 Å². The predicted molar refractivity (Wildman–Crippen MR) is 72.0 cm³/mol. The number of hydrogen-bond acceptors (Lipinski definition) is 2. The molecule has 0 heterocycles. The average Bonchev–Trinajstić information content (AvgIpc) is 2.38. The number of carbonyl (C=O) groups is 1. The molecule has 0 aliphatic heterocycles. The number of nitrogens with zero attached hydrogens (tertiary/aromatic N) is 1. The molecule has 3 nitrogen and oxygen atoms in total. The van der Waals surface area contributed by atoms with Crippen molar-refractivity contribution >= 4 is 5.91 Å². The van der Waals surface area contributed by atoms with E-state index in [0.717, 1.165) is 19.0 Å². The SMILES string of the molecule is CCC1CCCC(NCC(=O)N(CC)CC)C1. The minimum absolute atomic E-state index is 0.244. The third-order valence-corrected chi connectivity index (χ3v) is 4.02. The molecule has 0 bridgehead atoms. The number of carbonyl (C=O) groups excluding carboxylic acids is 1. The van der Waals surface area contributed by atoms with Gasteiger partial charge in [0.1, 0.15) is 0 Å². The molecule has 100 valence electrons. The van der Waals surface area contributed by atoms with E-state index < -0.39 is 0 Å². The summed E-state index contributed by atoms with van der Waals surface area (Å²) in [5.74, 6) is 1.11. The largest absolute Gasteiger partial charge is 0.342 e. The fourth-order valence-corrected chi connectivity index (χ4v) is 2.77. The molecule has 1 aliphatic rings. The zero-order valence-electron chi connectivity index (χ0n) is 11.7. The standard InChI is InChI=1S/C14H28N2O/c1-4-12-8-7-9-13(10-12)15-11-14(17)16(5-2)6-3/h12-13,15H,4-11H2,1-3H3. The van der Waals surface area contributed by atoms with E-state index in [4.69, 9.17) is 0 Å². The lowest BCUT2D eigenvalue weighted by Crippen LogP contribution is -2.43. The summed E-state index contributed by atoms with van der Waals surface area (Å²) < 4.78 is 0. The second kappa shape index (κ2) is 7.70. The molecule has 1 N–H and O–H groups in total. The van der Waals surface area contributed by atoms with Crippen LogP contribution in [0, 0.1) is 5.92 Å². The molecule has 0 aromatic rings. The monoisotopic (exact) mass is 240 g/mol. The van der Waals surface area contributed by atoms with Crippen LogP contribution in [0.1, 0.15) is 52.9 Å². The quantitative estimate of drug-likeness (QED) is 0.773. The highest BCUT2D eigenvalue weighted by Gasteiger charge is 2.21. The lowest BCUT2D eigenvalue weighted by molar-refractivity contribution is -0.130. The highest BCUT2D eigenvalue weighted by atomic mass is 16.2. The Hall–Kier alpha value is -0.570. The predicted octanol–water partition coefficient (Wildman–Crippen LogP) is 2.41. The van der Waals surface area contributed by atoms with Crippen molar-refractivity contribution in [2.45, 2.75) is 58.9 Å². The molecule has 2 unspecified atom stereocenters. The molecule has 1 aliphatic carbocycles. The van der Waals surface area contributed by atoms with Gasteiger partial charge in [0.15, 0.2) is 0 Å². The van der Waals surface area contributed by atoms with E-state index in [1.54, 1.807) is 0 Å². The molecular weight excluding hydrogens is 212 g/mol. The van der Waals surface area contributed by atoms with Gasteiger partial charge < -0.3 is 10.2 Å². The topological polar surface area (TPSA) is 32.3 Å². The Labute approximate surface area is 106 Å². The van der Waals surface area contributed by atoms with Gasteiger partial charge in [0.25, 0.3) is 0 Å². The minimum Gasteiger partial charge on any atom is -0.342 e.